The average Bonchev–Trinajstić information content (AvgIpc) is 2.13. The van der Waals surface area contributed by atoms with Gasteiger partial charge in [0.2, 0.25) is 5.24 Å². The third kappa shape index (κ3) is 3.74. The Hall–Kier alpha value is 0.0500. The van der Waals surface area contributed by atoms with E-state index in [4.69, 9.17) is 11.6 Å². The molecule has 0 aliphatic carbocycles. The number of halogens is 1. The maximum Gasteiger partial charge on any atom is 0.237 e. The molecule has 0 aromatic rings. The molecule has 0 spiro atoms. The maximum absolute atomic E-state index is 11.2. The summed E-state index contributed by atoms with van der Waals surface area (Å²) in [6.07, 6.45) is 5.63. The summed E-state index contributed by atoms with van der Waals surface area (Å²) in [4.78, 5) is 11.2. The molecule has 1 nitrogen and oxygen atoms in total. The zero-order valence-electron chi connectivity index (χ0n) is 8.47. The Morgan fingerprint density at radius 1 is 1.46 bits per heavy atom. The molecule has 0 aromatic heterocycles. The van der Waals surface area contributed by atoms with Crippen molar-refractivity contribution in [2.75, 3.05) is 5.75 Å². The van der Waals surface area contributed by atoms with E-state index in [1.807, 2.05) is 32.9 Å². The van der Waals surface area contributed by atoms with Crippen molar-refractivity contribution in [1.82, 2.24) is 0 Å². The summed E-state index contributed by atoms with van der Waals surface area (Å²) in [5, 5.41) is -0.216. The zero-order valence-corrected chi connectivity index (χ0v) is 10.0. The van der Waals surface area contributed by atoms with Gasteiger partial charge >= 0.3 is 0 Å². The van der Waals surface area contributed by atoms with Gasteiger partial charge in [-0.05, 0) is 31.4 Å². The van der Waals surface area contributed by atoms with E-state index >= 15 is 0 Å². The van der Waals surface area contributed by atoms with E-state index in [1.165, 1.54) is 0 Å². The molecule has 0 aliphatic rings. The molecule has 0 aromatic carbocycles. The van der Waals surface area contributed by atoms with Crippen LogP contribution >= 0.6 is 23.4 Å². The van der Waals surface area contributed by atoms with Crippen LogP contribution in [0.25, 0.3) is 0 Å². The first-order valence-electron chi connectivity index (χ1n) is 4.58. The normalized spacial score (nSPS) is 12.3. The molecule has 0 amide bonds. The van der Waals surface area contributed by atoms with Gasteiger partial charge in [0.15, 0.2) is 0 Å². The van der Waals surface area contributed by atoms with Crippen LogP contribution in [0.15, 0.2) is 12.2 Å². The Morgan fingerprint density at radius 3 is 2.31 bits per heavy atom. The number of carbonyl (C=O) groups excluding carboxylic acids is 1. The van der Waals surface area contributed by atoms with Crippen molar-refractivity contribution in [3.8, 4) is 0 Å². The Kier molecular flexibility index (Phi) is 6.52. The molecule has 0 saturated heterocycles. The van der Waals surface area contributed by atoms with Crippen LogP contribution in [0.1, 0.15) is 33.6 Å². The summed E-state index contributed by atoms with van der Waals surface area (Å²) in [6.45, 7) is 5.99. The van der Waals surface area contributed by atoms with E-state index in [1.54, 1.807) is 11.8 Å². The van der Waals surface area contributed by atoms with E-state index < -0.39 is 0 Å². The van der Waals surface area contributed by atoms with E-state index in [0.29, 0.717) is 0 Å². The summed E-state index contributed by atoms with van der Waals surface area (Å²) in [7, 11) is 0. The van der Waals surface area contributed by atoms with Gasteiger partial charge in [0.25, 0.3) is 0 Å². The molecular weight excluding hydrogens is 204 g/mol. The summed E-state index contributed by atoms with van der Waals surface area (Å²) in [6, 6.07) is 0. The lowest BCUT2D eigenvalue weighted by atomic mass is 10.0. The van der Waals surface area contributed by atoms with Crippen LogP contribution in [0, 0.1) is 0 Å². The van der Waals surface area contributed by atoms with Crippen LogP contribution in [-0.2, 0) is 4.79 Å². The highest BCUT2D eigenvalue weighted by molar-refractivity contribution is 8.01. The first-order chi connectivity index (χ1) is 6.13. The van der Waals surface area contributed by atoms with Gasteiger partial charge < -0.3 is 0 Å². The molecule has 0 saturated carbocycles. The predicted octanol–water partition coefficient (Wildman–Crippen LogP) is 3.62. The van der Waals surface area contributed by atoms with Crippen molar-refractivity contribution in [1.29, 1.82) is 0 Å². The number of hydrogen-bond donors (Lipinski definition) is 0. The lowest BCUT2D eigenvalue weighted by Gasteiger charge is -2.25. The Labute approximate surface area is 89.9 Å². The highest BCUT2D eigenvalue weighted by Crippen LogP contribution is 2.34. The van der Waals surface area contributed by atoms with E-state index in [-0.39, 0.29) is 9.99 Å². The molecule has 3 heteroatoms. The van der Waals surface area contributed by atoms with Crippen LogP contribution in [0.3, 0.4) is 0 Å². The second-order valence-corrected chi connectivity index (χ2v) is 4.60. The SMILES string of the molecule is C/C=C/CSC(CC)(CC)C(=O)Cl. The van der Waals surface area contributed by atoms with Crippen LogP contribution < -0.4 is 0 Å². The monoisotopic (exact) mass is 220 g/mol. The van der Waals surface area contributed by atoms with Gasteiger partial charge in [0, 0.05) is 5.75 Å². The van der Waals surface area contributed by atoms with Gasteiger partial charge in [-0.15, -0.1) is 11.8 Å². The smallest absolute Gasteiger partial charge is 0.237 e. The Bertz CT molecular complexity index is 185. The lowest BCUT2D eigenvalue weighted by molar-refractivity contribution is -0.113. The molecule has 0 atom stereocenters. The van der Waals surface area contributed by atoms with E-state index in [2.05, 4.69) is 0 Å². The molecule has 0 unspecified atom stereocenters. The average molecular weight is 221 g/mol. The molecule has 76 valence electrons. The largest absolute Gasteiger partial charge is 0.280 e. The van der Waals surface area contributed by atoms with E-state index in [0.717, 1.165) is 18.6 Å². The van der Waals surface area contributed by atoms with Crippen LogP contribution in [0.4, 0.5) is 0 Å². The topological polar surface area (TPSA) is 17.1 Å². The van der Waals surface area contributed by atoms with Gasteiger partial charge in [-0.25, -0.2) is 0 Å². The first kappa shape index (κ1) is 13.1. The van der Waals surface area contributed by atoms with Crippen LogP contribution in [0.5, 0.6) is 0 Å². The zero-order chi connectivity index (χ0) is 10.3. The molecule has 0 fully saturated rings. The fourth-order valence-corrected chi connectivity index (χ4v) is 2.65. The van der Waals surface area contributed by atoms with Crippen LogP contribution in [-0.4, -0.2) is 15.7 Å². The number of hydrogen-bond acceptors (Lipinski definition) is 2. The van der Waals surface area contributed by atoms with Crippen molar-refractivity contribution in [3.05, 3.63) is 12.2 Å². The van der Waals surface area contributed by atoms with Gasteiger partial charge in [-0.3, -0.25) is 4.79 Å². The second kappa shape index (κ2) is 6.50. The molecule has 0 aliphatic heterocycles. The highest BCUT2D eigenvalue weighted by atomic mass is 35.5. The quantitative estimate of drug-likeness (QED) is 0.503. The van der Waals surface area contributed by atoms with E-state index in [9.17, 15) is 4.79 Å². The van der Waals surface area contributed by atoms with Crippen molar-refractivity contribution in [2.24, 2.45) is 0 Å². The highest BCUT2D eigenvalue weighted by Gasteiger charge is 2.33. The molecule has 0 radical (unpaired) electrons. The van der Waals surface area contributed by atoms with Crippen LogP contribution in [0.2, 0.25) is 0 Å². The fraction of sp³-hybridized carbons (Fsp3) is 0.700. The summed E-state index contributed by atoms with van der Waals surface area (Å²) in [5.74, 6) is 0.858. The van der Waals surface area contributed by atoms with Gasteiger partial charge in [-0.2, -0.15) is 0 Å². The number of rotatable bonds is 6. The summed E-state index contributed by atoms with van der Waals surface area (Å²) >= 11 is 7.23. The van der Waals surface area contributed by atoms with Gasteiger partial charge in [0.05, 0.1) is 4.75 Å². The third-order valence-corrected chi connectivity index (χ3v) is 4.34. The molecule has 0 bridgehead atoms. The predicted molar refractivity (Wildman–Crippen MR) is 61.4 cm³/mol. The summed E-state index contributed by atoms with van der Waals surface area (Å²) < 4.78 is -0.374. The van der Waals surface area contributed by atoms with Gasteiger partial charge in [0.1, 0.15) is 0 Å². The minimum Gasteiger partial charge on any atom is -0.280 e. The Balaban J connectivity index is 4.30. The Morgan fingerprint density at radius 2 is 2.00 bits per heavy atom. The molecule has 0 rings (SSSR count). The minimum absolute atomic E-state index is 0.216. The standard InChI is InChI=1S/C10H17ClOS/c1-4-7-8-13-10(5-2,6-3)9(11)12/h4,7H,5-6,8H2,1-3H3/b7-4+. The van der Waals surface area contributed by atoms with Crippen molar-refractivity contribution in [2.45, 2.75) is 38.4 Å². The number of carbonyl (C=O) groups is 1. The van der Waals surface area contributed by atoms with Crippen molar-refractivity contribution >= 4 is 28.6 Å². The lowest BCUT2D eigenvalue weighted by Crippen LogP contribution is -2.30. The summed E-state index contributed by atoms with van der Waals surface area (Å²) in [5.41, 5.74) is 0. The minimum atomic E-state index is -0.374. The maximum atomic E-state index is 11.2. The molecule has 13 heavy (non-hydrogen) atoms. The number of allylic oxidation sites excluding steroid dienone is 1. The van der Waals surface area contributed by atoms with Crippen molar-refractivity contribution < 1.29 is 4.79 Å². The molecule has 0 heterocycles. The number of thioether (sulfide) groups is 1. The van der Waals surface area contributed by atoms with Gasteiger partial charge in [-0.1, -0.05) is 26.0 Å². The molecule has 0 N–H and O–H groups in total. The van der Waals surface area contributed by atoms with Crippen molar-refractivity contribution in [3.63, 3.8) is 0 Å². The fourth-order valence-electron chi connectivity index (χ4n) is 1.09. The first-order valence-corrected chi connectivity index (χ1v) is 5.94. The molecular formula is C10H17ClOS. The third-order valence-electron chi connectivity index (χ3n) is 2.19. The second-order valence-electron chi connectivity index (χ2n) is 2.86.